The zero-order valence-corrected chi connectivity index (χ0v) is 13.4. The molecule has 0 saturated carbocycles. The lowest BCUT2D eigenvalue weighted by molar-refractivity contribution is 0.0692. The van der Waals surface area contributed by atoms with Gasteiger partial charge in [-0.15, -0.1) is 0 Å². The van der Waals surface area contributed by atoms with E-state index in [1.54, 1.807) is 42.5 Å². The molecule has 0 aliphatic heterocycles. The molecule has 124 valence electrons. The Kier molecular flexibility index (Phi) is 4.31. The molecule has 0 bridgehead atoms. The molecular formula is C20H14O5. The van der Waals surface area contributed by atoms with Gasteiger partial charge in [-0.1, -0.05) is 24.3 Å². The monoisotopic (exact) mass is 334 g/mol. The molecule has 1 N–H and O–H groups in total. The number of ether oxygens (including phenoxy) is 1. The first-order valence-corrected chi connectivity index (χ1v) is 7.48. The van der Waals surface area contributed by atoms with Crippen LogP contribution in [0.25, 0.3) is 10.8 Å². The Bertz CT molecular complexity index is 1000. The number of aldehydes is 1. The van der Waals surface area contributed by atoms with Crippen molar-refractivity contribution >= 4 is 28.8 Å². The normalized spacial score (nSPS) is 10.4. The van der Waals surface area contributed by atoms with Crippen molar-refractivity contribution in [2.75, 3.05) is 7.11 Å². The molecule has 0 amide bonds. The molecule has 5 nitrogen and oxygen atoms in total. The highest BCUT2D eigenvalue weighted by Crippen LogP contribution is 2.23. The third-order valence-corrected chi connectivity index (χ3v) is 3.96. The molecule has 0 aliphatic carbocycles. The van der Waals surface area contributed by atoms with Gasteiger partial charge in [-0.05, 0) is 41.1 Å². The highest BCUT2D eigenvalue weighted by molar-refractivity contribution is 6.15. The second-order valence-electron chi connectivity index (χ2n) is 5.49. The van der Waals surface area contributed by atoms with Crippen molar-refractivity contribution in [3.8, 4) is 5.75 Å². The molecule has 0 fully saturated rings. The largest absolute Gasteiger partial charge is 0.497 e. The predicted octanol–water partition coefficient (Wildman–Crippen LogP) is 3.59. The Morgan fingerprint density at radius 1 is 0.920 bits per heavy atom. The fourth-order valence-electron chi connectivity index (χ4n) is 2.66. The van der Waals surface area contributed by atoms with E-state index in [-0.39, 0.29) is 16.9 Å². The summed E-state index contributed by atoms with van der Waals surface area (Å²) < 4.78 is 5.02. The number of ketones is 1. The Balaban J connectivity index is 2.07. The molecular weight excluding hydrogens is 320 g/mol. The zero-order chi connectivity index (χ0) is 18.0. The molecule has 0 atom stereocenters. The summed E-state index contributed by atoms with van der Waals surface area (Å²) in [7, 11) is 1.43. The number of carbonyl (C=O) groups is 3. The van der Waals surface area contributed by atoms with E-state index in [9.17, 15) is 19.5 Å². The lowest BCUT2D eigenvalue weighted by Gasteiger charge is -2.09. The van der Waals surface area contributed by atoms with Gasteiger partial charge >= 0.3 is 5.97 Å². The number of fused-ring (bicyclic) bond motifs is 1. The Morgan fingerprint density at radius 2 is 1.64 bits per heavy atom. The quantitative estimate of drug-likeness (QED) is 0.570. The van der Waals surface area contributed by atoms with Crippen molar-refractivity contribution in [3.63, 3.8) is 0 Å². The van der Waals surface area contributed by atoms with Crippen LogP contribution in [0.15, 0.2) is 54.6 Å². The minimum atomic E-state index is -1.20. The molecule has 0 saturated heterocycles. The van der Waals surface area contributed by atoms with Crippen LogP contribution in [-0.4, -0.2) is 30.3 Å². The smallest absolute Gasteiger partial charge is 0.336 e. The fourth-order valence-corrected chi connectivity index (χ4v) is 2.66. The number of hydrogen-bond donors (Lipinski definition) is 1. The number of rotatable bonds is 5. The first-order valence-electron chi connectivity index (χ1n) is 7.48. The van der Waals surface area contributed by atoms with Crippen molar-refractivity contribution in [1.82, 2.24) is 0 Å². The Labute approximate surface area is 143 Å². The van der Waals surface area contributed by atoms with Crippen molar-refractivity contribution < 1.29 is 24.2 Å². The van der Waals surface area contributed by atoms with E-state index in [0.717, 1.165) is 17.1 Å². The van der Waals surface area contributed by atoms with E-state index in [4.69, 9.17) is 4.74 Å². The van der Waals surface area contributed by atoms with E-state index >= 15 is 0 Å². The van der Waals surface area contributed by atoms with Gasteiger partial charge in [0.1, 0.15) is 12.0 Å². The highest BCUT2D eigenvalue weighted by atomic mass is 16.5. The molecule has 3 aromatic rings. The minimum absolute atomic E-state index is 0.0946. The summed E-state index contributed by atoms with van der Waals surface area (Å²) >= 11 is 0. The van der Waals surface area contributed by atoms with E-state index in [1.165, 1.54) is 19.2 Å². The van der Waals surface area contributed by atoms with Gasteiger partial charge in [-0.25, -0.2) is 4.79 Å². The summed E-state index contributed by atoms with van der Waals surface area (Å²) in [5.41, 5.74) is 0.909. The van der Waals surface area contributed by atoms with E-state index in [0.29, 0.717) is 16.9 Å². The second-order valence-corrected chi connectivity index (χ2v) is 5.49. The van der Waals surface area contributed by atoms with Gasteiger partial charge in [0.2, 0.25) is 0 Å². The summed E-state index contributed by atoms with van der Waals surface area (Å²) in [4.78, 5) is 35.1. The van der Waals surface area contributed by atoms with Crippen LogP contribution in [0.2, 0.25) is 0 Å². The van der Waals surface area contributed by atoms with Crippen LogP contribution < -0.4 is 4.74 Å². The van der Waals surface area contributed by atoms with Crippen molar-refractivity contribution in [2.24, 2.45) is 0 Å². The molecule has 3 rings (SSSR count). The first kappa shape index (κ1) is 16.4. The fraction of sp³-hybridized carbons (Fsp3) is 0.0500. The standard InChI is InChI=1S/C20H14O5/c1-25-16-6-7-17(18(10-16)20(23)24)19(22)15-5-4-13-8-12(11-21)2-3-14(13)9-15/h2-11H,1H3,(H,23,24). The van der Waals surface area contributed by atoms with Gasteiger partial charge < -0.3 is 9.84 Å². The SMILES string of the molecule is COc1ccc(C(=O)c2ccc3cc(C=O)ccc3c2)c(C(=O)O)c1. The average molecular weight is 334 g/mol. The lowest BCUT2D eigenvalue weighted by Crippen LogP contribution is -2.10. The molecule has 0 spiro atoms. The average Bonchev–Trinajstić information content (AvgIpc) is 2.65. The topological polar surface area (TPSA) is 80.7 Å². The molecule has 25 heavy (non-hydrogen) atoms. The number of aromatic carboxylic acids is 1. The van der Waals surface area contributed by atoms with Crippen molar-refractivity contribution in [2.45, 2.75) is 0 Å². The van der Waals surface area contributed by atoms with Gasteiger partial charge in [-0.3, -0.25) is 9.59 Å². The number of carboxylic acids is 1. The third-order valence-electron chi connectivity index (χ3n) is 3.96. The van der Waals surface area contributed by atoms with Crippen LogP contribution in [0.4, 0.5) is 0 Å². The summed E-state index contributed by atoms with van der Waals surface area (Å²) in [6.07, 6.45) is 0.759. The Morgan fingerprint density at radius 3 is 2.32 bits per heavy atom. The molecule has 0 aromatic heterocycles. The molecule has 0 heterocycles. The number of carbonyl (C=O) groups excluding carboxylic acids is 2. The van der Waals surface area contributed by atoms with E-state index < -0.39 is 5.97 Å². The minimum Gasteiger partial charge on any atom is -0.497 e. The van der Waals surface area contributed by atoms with Gasteiger partial charge in [0.15, 0.2) is 5.78 Å². The van der Waals surface area contributed by atoms with E-state index in [2.05, 4.69) is 0 Å². The Hall–Kier alpha value is -3.47. The summed E-state index contributed by atoms with van der Waals surface area (Å²) in [6, 6.07) is 14.5. The van der Waals surface area contributed by atoms with Crippen LogP contribution in [0.1, 0.15) is 36.6 Å². The molecule has 5 heteroatoms. The summed E-state index contributed by atoms with van der Waals surface area (Å²) in [5.74, 6) is -1.21. The molecule has 0 unspecified atom stereocenters. The number of hydrogen-bond acceptors (Lipinski definition) is 4. The zero-order valence-electron chi connectivity index (χ0n) is 13.4. The van der Waals surface area contributed by atoms with Crippen molar-refractivity contribution in [3.05, 3.63) is 76.9 Å². The van der Waals surface area contributed by atoms with Crippen LogP contribution in [0, 0.1) is 0 Å². The highest BCUT2D eigenvalue weighted by Gasteiger charge is 2.19. The number of carboxylic acid groups (broad SMARTS) is 1. The third kappa shape index (κ3) is 3.12. The maximum atomic E-state index is 12.8. The maximum absolute atomic E-state index is 12.8. The lowest BCUT2D eigenvalue weighted by atomic mass is 9.96. The van der Waals surface area contributed by atoms with Crippen LogP contribution in [0.5, 0.6) is 5.75 Å². The molecule has 0 aliphatic rings. The predicted molar refractivity (Wildman–Crippen MR) is 92.7 cm³/mol. The van der Waals surface area contributed by atoms with Gasteiger partial charge in [0.05, 0.1) is 12.7 Å². The van der Waals surface area contributed by atoms with E-state index in [1.807, 2.05) is 0 Å². The van der Waals surface area contributed by atoms with Gasteiger partial charge in [0, 0.05) is 16.7 Å². The van der Waals surface area contributed by atoms with Gasteiger partial charge in [-0.2, -0.15) is 0 Å². The number of benzene rings is 3. The van der Waals surface area contributed by atoms with Crippen LogP contribution in [0.3, 0.4) is 0 Å². The summed E-state index contributed by atoms with van der Waals surface area (Å²) in [5, 5.41) is 11.0. The van der Waals surface area contributed by atoms with Gasteiger partial charge in [0.25, 0.3) is 0 Å². The maximum Gasteiger partial charge on any atom is 0.336 e. The molecule has 0 radical (unpaired) electrons. The first-order chi connectivity index (χ1) is 12.0. The summed E-state index contributed by atoms with van der Waals surface area (Å²) in [6.45, 7) is 0. The number of methoxy groups -OCH3 is 1. The van der Waals surface area contributed by atoms with Crippen LogP contribution in [-0.2, 0) is 0 Å². The van der Waals surface area contributed by atoms with Crippen LogP contribution >= 0.6 is 0 Å². The van der Waals surface area contributed by atoms with Crippen molar-refractivity contribution in [1.29, 1.82) is 0 Å². The second kappa shape index (κ2) is 6.57. The molecule has 3 aromatic carbocycles.